The molecule has 2 N–H and O–H groups in total. The number of alkyl halides is 2. The van der Waals surface area contributed by atoms with E-state index in [9.17, 15) is 8.78 Å². The fourth-order valence-corrected chi connectivity index (χ4v) is 1.68. The van der Waals surface area contributed by atoms with Gasteiger partial charge in [-0.3, -0.25) is 5.10 Å². The monoisotopic (exact) mass is 187 g/mol. The van der Waals surface area contributed by atoms with Crippen LogP contribution in [0, 0.1) is 0 Å². The van der Waals surface area contributed by atoms with Gasteiger partial charge in [0, 0.05) is 11.9 Å². The van der Waals surface area contributed by atoms with Crippen LogP contribution in [0.15, 0.2) is 12.3 Å². The number of piperidine rings is 1. The van der Waals surface area contributed by atoms with Crippen molar-refractivity contribution in [1.82, 2.24) is 15.5 Å². The number of aromatic nitrogens is 2. The molecule has 0 spiro atoms. The smallest absolute Gasteiger partial charge is 0.268 e. The van der Waals surface area contributed by atoms with Crippen LogP contribution in [-0.2, 0) is 0 Å². The minimum Gasteiger partial charge on any atom is -0.311 e. The van der Waals surface area contributed by atoms with E-state index in [-0.39, 0.29) is 6.54 Å². The third-order valence-corrected chi connectivity index (χ3v) is 2.38. The number of halogens is 2. The highest BCUT2D eigenvalue weighted by Crippen LogP contribution is 2.36. The van der Waals surface area contributed by atoms with Crippen LogP contribution in [0.5, 0.6) is 0 Å². The van der Waals surface area contributed by atoms with Crippen molar-refractivity contribution in [3.63, 3.8) is 0 Å². The predicted molar refractivity (Wildman–Crippen MR) is 43.8 cm³/mol. The largest absolute Gasteiger partial charge is 0.311 e. The third kappa shape index (κ3) is 1.56. The Hall–Kier alpha value is -0.970. The molecule has 1 aliphatic heterocycles. The van der Waals surface area contributed by atoms with Crippen LogP contribution in [0.25, 0.3) is 0 Å². The highest BCUT2D eigenvalue weighted by molar-refractivity contribution is 5.12. The Labute approximate surface area is 74.5 Å². The Morgan fingerprint density at radius 2 is 2.38 bits per heavy atom. The number of hydrogen-bond acceptors (Lipinski definition) is 2. The molecule has 1 fully saturated rings. The highest BCUT2D eigenvalue weighted by Gasteiger charge is 2.42. The maximum Gasteiger partial charge on any atom is 0.268 e. The van der Waals surface area contributed by atoms with Crippen molar-refractivity contribution in [2.45, 2.75) is 18.3 Å². The molecular weight excluding hydrogens is 176 g/mol. The van der Waals surface area contributed by atoms with E-state index in [1.54, 1.807) is 6.07 Å². The molecule has 2 rings (SSSR count). The van der Waals surface area contributed by atoms with Gasteiger partial charge in [0.25, 0.3) is 5.92 Å². The quantitative estimate of drug-likeness (QED) is 0.691. The molecule has 72 valence electrons. The maximum atomic E-state index is 13.3. The van der Waals surface area contributed by atoms with E-state index < -0.39 is 11.8 Å². The molecule has 3 nitrogen and oxygen atoms in total. The number of H-pyrrole nitrogens is 1. The van der Waals surface area contributed by atoms with Gasteiger partial charge in [0.1, 0.15) is 0 Å². The van der Waals surface area contributed by atoms with Gasteiger partial charge in [-0.25, -0.2) is 8.78 Å². The Bertz CT molecular complexity index is 271. The molecule has 1 aliphatic rings. The minimum atomic E-state index is -2.66. The Morgan fingerprint density at radius 1 is 1.54 bits per heavy atom. The molecule has 0 amide bonds. The fraction of sp³-hybridized carbons (Fsp3) is 0.625. The lowest BCUT2D eigenvalue weighted by Crippen LogP contribution is -2.44. The van der Waals surface area contributed by atoms with Crippen LogP contribution < -0.4 is 5.32 Å². The summed E-state index contributed by atoms with van der Waals surface area (Å²) in [6, 6.07) is 1.61. The van der Waals surface area contributed by atoms with Crippen molar-refractivity contribution in [3.05, 3.63) is 18.0 Å². The van der Waals surface area contributed by atoms with Crippen molar-refractivity contribution in [1.29, 1.82) is 0 Å². The van der Waals surface area contributed by atoms with Gasteiger partial charge in [0.15, 0.2) is 0 Å². The van der Waals surface area contributed by atoms with Gasteiger partial charge in [-0.05, 0) is 19.0 Å². The van der Waals surface area contributed by atoms with E-state index in [1.807, 2.05) is 0 Å². The first-order valence-electron chi connectivity index (χ1n) is 4.28. The lowest BCUT2D eigenvalue weighted by molar-refractivity contribution is -0.0432. The van der Waals surface area contributed by atoms with Crippen LogP contribution in [-0.4, -0.2) is 29.2 Å². The zero-order chi connectivity index (χ0) is 9.31. The second kappa shape index (κ2) is 3.06. The first-order valence-corrected chi connectivity index (χ1v) is 4.28. The van der Waals surface area contributed by atoms with Crippen LogP contribution >= 0.6 is 0 Å². The zero-order valence-corrected chi connectivity index (χ0v) is 7.06. The molecule has 1 aromatic rings. The van der Waals surface area contributed by atoms with Gasteiger partial charge in [0.2, 0.25) is 0 Å². The van der Waals surface area contributed by atoms with Crippen LogP contribution in [0.2, 0.25) is 0 Å². The van der Waals surface area contributed by atoms with E-state index in [2.05, 4.69) is 15.5 Å². The van der Waals surface area contributed by atoms with Crippen molar-refractivity contribution in [2.24, 2.45) is 0 Å². The molecule has 0 aromatic carbocycles. The summed E-state index contributed by atoms with van der Waals surface area (Å²) in [5.41, 5.74) is 0.534. The van der Waals surface area contributed by atoms with Crippen molar-refractivity contribution in [3.8, 4) is 0 Å². The summed E-state index contributed by atoms with van der Waals surface area (Å²) >= 11 is 0. The van der Waals surface area contributed by atoms with Crippen molar-refractivity contribution in [2.75, 3.05) is 13.1 Å². The summed E-state index contributed by atoms with van der Waals surface area (Å²) in [5.74, 6) is -3.37. The number of nitrogens with zero attached hydrogens (tertiary/aromatic N) is 1. The molecule has 1 aromatic heterocycles. The van der Waals surface area contributed by atoms with Crippen molar-refractivity contribution >= 4 is 0 Å². The zero-order valence-electron chi connectivity index (χ0n) is 7.06. The minimum absolute atomic E-state index is 0.239. The average Bonchev–Trinajstić information content (AvgIpc) is 2.55. The van der Waals surface area contributed by atoms with Gasteiger partial charge in [0.05, 0.1) is 12.5 Å². The molecule has 0 bridgehead atoms. The molecule has 1 unspecified atom stereocenters. The van der Waals surface area contributed by atoms with Gasteiger partial charge < -0.3 is 5.32 Å². The SMILES string of the molecule is FC1(F)CNCCC1c1ccn[nH]1. The molecular formula is C8H11F2N3. The van der Waals surface area contributed by atoms with E-state index in [0.29, 0.717) is 18.7 Å². The average molecular weight is 187 g/mol. The second-order valence-electron chi connectivity index (χ2n) is 3.29. The van der Waals surface area contributed by atoms with Crippen LogP contribution in [0.4, 0.5) is 8.78 Å². The Balaban J connectivity index is 2.21. The lowest BCUT2D eigenvalue weighted by Gasteiger charge is -2.30. The summed E-state index contributed by atoms with van der Waals surface area (Å²) < 4.78 is 26.6. The first-order chi connectivity index (χ1) is 6.20. The van der Waals surface area contributed by atoms with Crippen LogP contribution in [0.1, 0.15) is 18.0 Å². The first kappa shape index (κ1) is 8.62. The highest BCUT2D eigenvalue weighted by atomic mass is 19.3. The van der Waals surface area contributed by atoms with Gasteiger partial charge in [-0.2, -0.15) is 5.10 Å². The molecule has 0 aliphatic carbocycles. The number of aromatic amines is 1. The number of rotatable bonds is 1. The standard InChI is InChI=1S/C8H11F2N3/c9-8(10)5-11-3-1-6(8)7-2-4-12-13-7/h2,4,6,11H,1,3,5H2,(H,12,13). The lowest BCUT2D eigenvalue weighted by atomic mass is 9.91. The molecule has 1 atom stereocenters. The number of nitrogens with one attached hydrogen (secondary N) is 2. The topological polar surface area (TPSA) is 40.7 Å². The molecule has 0 saturated carbocycles. The maximum absolute atomic E-state index is 13.3. The summed E-state index contributed by atoms with van der Waals surface area (Å²) in [5, 5.41) is 8.97. The van der Waals surface area contributed by atoms with Gasteiger partial charge >= 0.3 is 0 Å². The fourth-order valence-electron chi connectivity index (χ4n) is 1.68. The summed E-state index contributed by atoms with van der Waals surface area (Å²) in [7, 11) is 0. The van der Waals surface area contributed by atoms with E-state index in [4.69, 9.17) is 0 Å². The molecule has 5 heteroatoms. The molecule has 13 heavy (non-hydrogen) atoms. The normalized spacial score (nSPS) is 27.4. The van der Waals surface area contributed by atoms with E-state index >= 15 is 0 Å². The molecule has 1 saturated heterocycles. The molecule has 2 heterocycles. The van der Waals surface area contributed by atoms with Gasteiger partial charge in [-0.1, -0.05) is 0 Å². The van der Waals surface area contributed by atoms with Gasteiger partial charge in [-0.15, -0.1) is 0 Å². The predicted octanol–water partition coefficient (Wildman–Crippen LogP) is 1.12. The second-order valence-corrected chi connectivity index (χ2v) is 3.29. The van der Waals surface area contributed by atoms with E-state index in [1.165, 1.54) is 6.20 Å². The number of hydrogen-bond donors (Lipinski definition) is 2. The molecule has 0 radical (unpaired) electrons. The Morgan fingerprint density at radius 3 is 3.00 bits per heavy atom. The third-order valence-electron chi connectivity index (χ3n) is 2.38. The summed E-state index contributed by atoms with van der Waals surface area (Å²) in [4.78, 5) is 0. The van der Waals surface area contributed by atoms with E-state index in [0.717, 1.165) is 0 Å². The van der Waals surface area contributed by atoms with Crippen LogP contribution in [0.3, 0.4) is 0 Å². The Kier molecular flexibility index (Phi) is 2.03. The summed E-state index contributed by atoms with van der Waals surface area (Å²) in [6.07, 6.45) is 1.96. The van der Waals surface area contributed by atoms with Crippen molar-refractivity contribution < 1.29 is 8.78 Å². The summed E-state index contributed by atoms with van der Waals surface area (Å²) in [6.45, 7) is 0.399.